The molecule has 1 rings (SSSR count). The van der Waals surface area contributed by atoms with E-state index in [-0.39, 0.29) is 12.2 Å². The molecule has 0 aromatic heterocycles. The monoisotopic (exact) mass is 146 g/mol. The average molecular weight is 146 g/mol. The van der Waals surface area contributed by atoms with Crippen LogP contribution >= 0.6 is 11.9 Å². The first-order chi connectivity index (χ1) is 4.33. The summed E-state index contributed by atoms with van der Waals surface area (Å²) >= 11 is 1.25. The van der Waals surface area contributed by atoms with Gasteiger partial charge >= 0.3 is 0 Å². The average Bonchev–Trinajstić information content (AvgIpc) is 1.88. The van der Waals surface area contributed by atoms with Gasteiger partial charge in [-0.15, -0.1) is 0 Å². The molecule has 1 heterocycles. The van der Waals surface area contributed by atoms with Crippen LogP contribution in [-0.2, 0) is 4.79 Å². The molecule has 4 nitrogen and oxygen atoms in total. The van der Waals surface area contributed by atoms with Gasteiger partial charge < -0.3 is 9.93 Å². The van der Waals surface area contributed by atoms with E-state index in [2.05, 4.69) is 9.88 Å². The van der Waals surface area contributed by atoms with Gasteiger partial charge in [-0.1, -0.05) is 5.16 Å². The third-order valence-corrected chi connectivity index (χ3v) is 1.75. The Labute approximate surface area is 56.4 Å². The molecule has 0 spiro atoms. The van der Waals surface area contributed by atoms with Crippen LogP contribution in [0.25, 0.3) is 0 Å². The molecule has 1 fully saturated rings. The molecule has 1 aliphatic heterocycles. The maximum absolute atomic E-state index is 10.6. The Balaban J connectivity index is 2.51. The molecule has 0 bridgehead atoms. The summed E-state index contributed by atoms with van der Waals surface area (Å²) in [6.07, 6.45) is 0.226. The highest BCUT2D eigenvalue weighted by molar-refractivity contribution is 7.98. The number of amidine groups is 1. The maximum atomic E-state index is 10.6. The lowest BCUT2D eigenvalue weighted by Crippen LogP contribution is -2.27. The Bertz CT molecular complexity index is 157. The van der Waals surface area contributed by atoms with Crippen LogP contribution < -0.4 is 4.72 Å². The number of hydrogen-bond acceptors (Lipinski definition) is 4. The summed E-state index contributed by atoms with van der Waals surface area (Å²) in [7, 11) is 0. The van der Waals surface area contributed by atoms with Gasteiger partial charge in [0.05, 0.1) is 12.2 Å². The number of oxime groups is 1. The van der Waals surface area contributed by atoms with Crippen molar-refractivity contribution in [2.75, 3.05) is 5.75 Å². The molecule has 0 atom stereocenters. The molecule has 0 amide bonds. The quantitative estimate of drug-likeness (QED) is 0.286. The Morgan fingerprint density at radius 3 is 3.00 bits per heavy atom. The van der Waals surface area contributed by atoms with Crippen LogP contribution in [0.4, 0.5) is 0 Å². The zero-order valence-electron chi connectivity index (χ0n) is 4.63. The second-order valence-electron chi connectivity index (χ2n) is 1.65. The number of ketones is 1. The second kappa shape index (κ2) is 2.72. The SMILES string of the molecule is O=C1CSNC(=NO)C1. The number of carbonyl (C=O) groups is 1. The van der Waals surface area contributed by atoms with Crippen molar-refractivity contribution >= 4 is 23.6 Å². The molecule has 50 valence electrons. The van der Waals surface area contributed by atoms with Gasteiger partial charge in [-0.3, -0.25) is 4.79 Å². The Hall–Kier alpha value is -0.710. The van der Waals surface area contributed by atoms with Crippen LogP contribution in [0.1, 0.15) is 6.42 Å². The molecule has 0 aromatic rings. The summed E-state index contributed by atoms with van der Waals surface area (Å²) in [6, 6.07) is 0. The minimum atomic E-state index is 0.0894. The number of rotatable bonds is 0. The first-order valence-electron chi connectivity index (χ1n) is 2.43. The van der Waals surface area contributed by atoms with Crippen LogP contribution in [0.5, 0.6) is 0 Å². The lowest BCUT2D eigenvalue weighted by atomic mass is 10.3. The van der Waals surface area contributed by atoms with E-state index in [1.54, 1.807) is 0 Å². The molecular weight excluding hydrogens is 140 g/mol. The van der Waals surface area contributed by atoms with E-state index in [9.17, 15) is 4.79 Å². The predicted octanol–water partition coefficient (Wildman–Crippen LogP) is -0.0153. The number of Topliss-reactive ketones (excluding diaryl/α,β-unsaturated/α-hetero) is 1. The van der Waals surface area contributed by atoms with Gasteiger partial charge in [-0.2, -0.15) is 0 Å². The van der Waals surface area contributed by atoms with Gasteiger partial charge in [0, 0.05) is 0 Å². The minimum absolute atomic E-state index is 0.0894. The lowest BCUT2D eigenvalue weighted by Gasteiger charge is -2.10. The molecular formula is C4H6N2O2S. The maximum Gasteiger partial charge on any atom is 0.159 e. The number of nitrogens with one attached hydrogen (secondary N) is 1. The first kappa shape index (κ1) is 6.41. The topological polar surface area (TPSA) is 61.7 Å². The summed E-state index contributed by atoms with van der Waals surface area (Å²) in [5.41, 5.74) is 0. The molecule has 0 aliphatic carbocycles. The second-order valence-corrected chi connectivity index (χ2v) is 2.43. The van der Waals surface area contributed by atoms with Crippen molar-refractivity contribution in [3.63, 3.8) is 0 Å². The summed E-state index contributed by atoms with van der Waals surface area (Å²) in [5.74, 6) is 0.891. The highest BCUT2D eigenvalue weighted by Gasteiger charge is 2.13. The molecule has 9 heavy (non-hydrogen) atoms. The summed E-state index contributed by atoms with van der Waals surface area (Å²) < 4.78 is 2.70. The Kier molecular flexibility index (Phi) is 1.94. The van der Waals surface area contributed by atoms with Crippen molar-refractivity contribution in [2.24, 2.45) is 5.16 Å². The molecule has 0 unspecified atom stereocenters. The van der Waals surface area contributed by atoms with Crippen LogP contribution in [0.2, 0.25) is 0 Å². The van der Waals surface area contributed by atoms with Crippen molar-refractivity contribution in [1.82, 2.24) is 4.72 Å². The summed E-state index contributed by atoms with van der Waals surface area (Å²) in [4.78, 5) is 10.6. The van der Waals surface area contributed by atoms with E-state index in [1.807, 2.05) is 0 Å². The highest BCUT2D eigenvalue weighted by atomic mass is 32.2. The van der Waals surface area contributed by atoms with E-state index in [4.69, 9.17) is 5.21 Å². The number of carbonyl (C=O) groups excluding carboxylic acids is 1. The summed E-state index contributed by atoms with van der Waals surface area (Å²) in [6.45, 7) is 0. The highest BCUT2D eigenvalue weighted by Crippen LogP contribution is 2.04. The van der Waals surface area contributed by atoms with Gasteiger partial charge in [0.25, 0.3) is 0 Å². The molecule has 0 radical (unpaired) electrons. The molecule has 5 heteroatoms. The normalized spacial score (nSPS) is 24.0. The van der Waals surface area contributed by atoms with Crippen molar-refractivity contribution in [3.8, 4) is 0 Å². The fraction of sp³-hybridized carbons (Fsp3) is 0.500. The van der Waals surface area contributed by atoms with Gasteiger partial charge in [-0.25, -0.2) is 0 Å². The van der Waals surface area contributed by atoms with E-state index in [0.717, 1.165) is 0 Å². The molecule has 2 N–H and O–H groups in total. The van der Waals surface area contributed by atoms with Crippen LogP contribution in [-0.4, -0.2) is 22.6 Å². The van der Waals surface area contributed by atoms with Gasteiger partial charge in [0.15, 0.2) is 11.6 Å². The van der Waals surface area contributed by atoms with Gasteiger partial charge in [0.2, 0.25) is 0 Å². The molecule has 1 saturated heterocycles. The van der Waals surface area contributed by atoms with Gasteiger partial charge in [-0.05, 0) is 11.9 Å². The van der Waals surface area contributed by atoms with Crippen LogP contribution in [0.3, 0.4) is 0 Å². The fourth-order valence-corrected chi connectivity index (χ4v) is 1.14. The third kappa shape index (κ3) is 1.60. The zero-order valence-corrected chi connectivity index (χ0v) is 5.44. The molecule has 1 aliphatic rings. The lowest BCUT2D eigenvalue weighted by molar-refractivity contribution is -0.115. The van der Waals surface area contributed by atoms with E-state index in [1.165, 1.54) is 11.9 Å². The van der Waals surface area contributed by atoms with E-state index in [0.29, 0.717) is 11.6 Å². The Morgan fingerprint density at radius 2 is 2.56 bits per heavy atom. The standard InChI is InChI=1S/C4H6N2O2S/c7-3-1-4(5-8)6-9-2-3/h8H,1-2H2,(H,5,6). The van der Waals surface area contributed by atoms with Gasteiger partial charge in [0.1, 0.15) is 0 Å². The van der Waals surface area contributed by atoms with Crippen molar-refractivity contribution in [1.29, 1.82) is 0 Å². The summed E-state index contributed by atoms with van der Waals surface area (Å²) in [5, 5.41) is 11.0. The fourth-order valence-electron chi connectivity index (χ4n) is 0.530. The van der Waals surface area contributed by atoms with Crippen molar-refractivity contribution in [2.45, 2.75) is 6.42 Å². The van der Waals surface area contributed by atoms with Crippen LogP contribution in [0, 0.1) is 0 Å². The predicted molar refractivity (Wildman–Crippen MR) is 34.4 cm³/mol. The molecule has 0 aromatic carbocycles. The molecule has 0 saturated carbocycles. The first-order valence-corrected chi connectivity index (χ1v) is 3.42. The smallest absolute Gasteiger partial charge is 0.159 e. The zero-order chi connectivity index (χ0) is 6.69. The largest absolute Gasteiger partial charge is 0.409 e. The van der Waals surface area contributed by atoms with Crippen LogP contribution in [0.15, 0.2) is 5.16 Å². The number of hydrogen-bond donors (Lipinski definition) is 2. The third-order valence-electron chi connectivity index (χ3n) is 0.908. The van der Waals surface area contributed by atoms with E-state index < -0.39 is 0 Å². The minimum Gasteiger partial charge on any atom is -0.409 e. The number of nitrogens with zero attached hydrogens (tertiary/aromatic N) is 1. The van der Waals surface area contributed by atoms with Crippen molar-refractivity contribution < 1.29 is 10.0 Å². The van der Waals surface area contributed by atoms with E-state index >= 15 is 0 Å². The van der Waals surface area contributed by atoms with Crippen molar-refractivity contribution in [3.05, 3.63) is 0 Å². The Morgan fingerprint density at radius 1 is 1.78 bits per heavy atom.